The average molecular weight is 288 g/mol. The molecule has 0 aromatic carbocycles. The van der Waals surface area contributed by atoms with Crippen LogP contribution in [-0.2, 0) is 15.6 Å². The molecule has 6 heteroatoms. The molecule has 1 aromatic heterocycles. The Morgan fingerprint density at radius 2 is 1.94 bits per heavy atom. The van der Waals surface area contributed by atoms with Gasteiger partial charge in [-0.2, -0.15) is 0 Å². The lowest BCUT2D eigenvalue weighted by Gasteiger charge is -2.21. The van der Waals surface area contributed by atoms with E-state index in [0.717, 1.165) is 43.4 Å². The second-order valence-electron chi connectivity index (χ2n) is 4.64. The van der Waals surface area contributed by atoms with Gasteiger partial charge in [0, 0.05) is 4.88 Å². The zero-order chi connectivity index (χ0) is 13.2. The van der Waals surface area contributed by atoms with Crippen LogP contribution in [0.3, 0.4) is 0 Å². The molecule has 2 rings (SSSR count). The zero-order valence-electron chi connectivity index (χ0n) is 9.96. The number of thiophene rings is 1. The van der Waals surface area contributed by atoms with Crippen molar-refractivity contribution in [2.24, 2.45) is 0 Å². The third kappa shape index (κ3) is 3.11. The molecule has 1 N–H and O–H groups in total. The Hall–Kier alpha value is -0.880. The van der Waals surface area contributed by atoms with Crippen molar-refractivity contribution in [2.45, 2.75) is 43.1 Å². The minimum Gasteiger partial charge on any atom is -0.477 e. The maximum Gasteiger partial charge on any atom is 0.345 e. The van der Waals surface area contributed by atoms with E-state index in [4.69, 9.17) is 5.11 Å². The second-order valence-corrected chi connectivity index (χ2v) is 8.09. The fourth-order valence-electron chi connectivity index (χ4n) is 2.31. The van der Waals surface area contributed by atoms with Gasteiger partial charge in [0.15, 0.2) is 9.84 Å². The molecule has 1 heterocycles. The molecule has 100 valence electrons. The molecule has 0 amide bonds. The van der Waals surface area contributed by atoms with Crippen molar-refractivity contribution >= 4 is 27.1 Å². The summed E-state index contributed by atoms with van der Waals surface area (Å²) < 4.78 is 24.4. The van der Waals surface area contributed by atoms with Crippen molar-refractivity contribution in [3.05, 3.63) is 21.9 Å². The van der Waals surface area contributed by atoms with E-state index in [9.17, 15) is 13.2 Å². The highest BCUT2D eigenvalue weighted by Gasteiger charge is 2.27. The first-order valence-electron chi connectivity index (χ1n) is 6.02. The minimum absolute atomic E-state index is 0.0182. The van der Waals surface area contributed by atoms with E-state index >= 15 is 0 Å². The van der Waals surface area contributed by atoms with Crippen LogP contribution < -0.4 is 0 Å². The van der Waals surface area contributed by atoms with Crippen molar-refractivity contribution in [1.82, 2.24) is 0 Å². The normalized spacial score (nSPS) is 17.8. The maximum atomic E-state index is 12.2. The number of hydrogen-bond acceptors (Lipinski definition) is 4. The van der Waals surface area contributed by atoms with Gasteiger partial charge in [0.05, 0.1) is 11.0 Å². The van der Waals surface area contributed by atoms with E-state index in [1.165, 1.54) is 6.07 Å². The van der Waals surface area contributed by atoms with Crippen LogP contribution in [0.2, 0.25) is 0 Å². The molecule has 0 aliphatic heterocycles. The summed E-state index contributed by atoms with van der Waals surface area (Å²) in [6.45, 7) is 0. The van der Waals surface area contributed by atoms with Gasteiger partial charge in [0.2, 0.25) is 0 Å². The Kier molecular flexibility index (Phi) is 4.07. The highest BCUT2D eigenvalue weighted by atomic mass is 32.2. The highest BCUT2D eigenvalue weighted by molar-refractivity contribution is 7.91. The Balaban J connectivity index is 2.08. The molecule has 1 saturated carbocycles. The van der Waals surface area contributed by atoms with Crippen LogP contribution in [0, 0.1) is 0 Å². The van der Waals surface area contributed by atoms with Gasteiger partial charge >= 0.3 is 5.97 Å². The first-order valence-corrected chi connectivity index (χ1v) is 8.56. The molecule has 0 atom stereocenters. The molecule has 1 aromatic rings. The van der Waals surface area contributed by atoms with E-state index in [1.54, 1.807) is 6.07 Å². The van der Waals surface area contributed by atoms with E-state index in [-0.39, 0.29) is 15.9 Å². The largest absolute Gasteiger partial charge is 0.477 e. The number of carboxylic acid groups (broad SMARTS) is 1. The molecular formula is C12H16O4S2. The molecule has 0 saturated heterocycles. The first kappa shape index (κ1) is 13.5. The standard InChI is InChI=1S/C12H16O4S2/c13-12(14)11-7-6-9(17-11)8-18(15,16)10-4-2-1-3-5-10/h6-7,10H,1-5,8H2,(H,13,14). The quantitative estimate of drug-likeness (QED) is 0.924. The fourth-order valence-corrected chi connectivity index (χ4v) is 5.46. The van der Waals surface area contributed by atoms with Gasteiger partial charge in [0.25, 0.3) is 0 Å². The van der Waals surface area contributed by atoms with Crippen LogP contribution in [-0.4, -0.2) is 24.7 Å². The molecule has 0 unspecified atom stereocenters. The van der Waals surface area contributed by atoms with Crippen LogP contribution in [0.5, 0.6) is 0 Å². The predicted molar refractivity (Wildman–Crippen MR) is 70.8 cm³/mol. The molecule has 4 nitrogen and oxygen atoms in total. The van der Waals surface area contributed by atoms with Crippen molar-refractivity contribution in [2.75, 3.05) is 0 Å². The van der Waals surface area contributed by atoms with E-state index in [2.05, 4.69) is 0 Å². The van der Waals surface area contributed by atoms with E-state index in [1.807, 2.05) is 0 Å². The monoisotopic (exact) mass is 288 g/mol. The van der Waals surface area contributed by atoms with Gasteiger partial charge < -0.3 is 5.11 Å². The van der Waals surface area contributed by atoms with Gasteiger partial charge in [-0.3, -0.25) is 0 Å². The average Bonchev–Trinajstić information content (AvgIpc) is 2.78. The number of hydrogen-bond donors (Lipinski definition) is 1. The lowest BCUT2D eigenvalue weighted by molar-refractivity contribution is 0.0702. The van der Waals surface area contributed by atoms with E-state index < -0.39 is 15.8 Å². The van der Waals surface area contributed by atoms with Crippen molar-refractivity contribution in [3.8, 4) is 0 Å². The number of aromatic carboxylic acids is 1. The number of carbonyl (C=O) groups is 1. The first-order chi connectivity index (χ1) is 8.49. The third-order valence-electron chi connectivity index (χ3n) is 3.28. The van der Waals surface area contributed by atoms with Crippen LogP contribution in [0.15, 0.2) is 12.1 Å². The van der Waals surface area contributed by atoms with Gasteiger partial charge in [-0.1, -0.05) is 19.3 Å². The number of carboxylic acids is 1. The summed E-state index contributed by atoms with van der Waals surface area (Å²) in [4.78, 5) is 11.6. The molecule has 0 bridgehead atoms. The van der Waals surface area contributed by atoms with Crippen LogP contribution in [0.1, 0.15) is 46.7 Å². The summed E-state index contributed by atoms with van der Waals surface area (Å²) in [5.41, 5.74) is 0. The zero-order valence-corrected chi connectivity index (χ0v) is 11.6. The number of sulfone groups is 1. The Bertz CT molecular complexity index is 524. The minimum atomic E-state index is -3.13. The highest BCUT2D eigenvalue weighted by Crippen LogP contribution is 2.28. The fraction of sp³-hybridized carbons (Fsp3) is 0.583. The molecule has 0 radical (unpaired) electrons. The smallest absolute Gasteiger partial charge is 0.345 e. The lowest BCUT2D eigenvalue weighted by atomic mass is 10.0. The van der Waals surface area contributed by atoms with Crippen LogP contribution in [0.4, 0.5) is 0 Å². The predicted octanol–water partition coefficient (Wildman–Crippen LogP) is 2.69. The SMILES string of the molecule is O=C(O)c1ccc(CS(=O)(=O)C2CCCCC2)s1. The lowest BCUT2D eigenvalue weighted by Crippen LogP contribution is -2.25. The second kappa shape index (κ2) is 5.40. The summed E-state index contributed by atoms with van der Waals surface area (Å²) in [5.74, 6) is -1.02. The summed E-state index contributed by atoms with van der Waals surface area (Å²) in [5, 5.41) is 8.57. The molecular weight excluding hydrogens is 272 g/mol. The van der Waals surface area contributed by atoms with Crippen molar-refractivity contribution < 1.29 is 18.3 Å². The molecule has 18 heavy (non-hydrogen) atoms. The molecule has 1 aliphatic rings. The Morgan fingerprint density at radius 1 is 1.28 bits per heavy atom. The van der Waals surface area contributed by atoms with E-state index in [0.29, 0.717) is 4.88 Å². The van der Waals surface area contributed by atoms with Crippen molar-refractivity contribution in [1.29, 1.82) is 0 Å². The van der Waals surface area contributed by atoms with Gasteiger partial charge in [0.1, 0.15) is 4.88 Å². The summed E-state index contributed by atoms with van der Waals surface area (Å²) in [6, 6.07) is 3.08. The summed E-state index contributed by atoms with van der Waals surface area (Å²) in [7, 11) is -3.13. The molecule has 0 spiro atoms. The molecule has 1 aliphatic carbocycles. The van der Waals surface area contributed by atoms with Gasteiger partial charge in [-0.05, 0) is 25.0 Å². The van der Waals surface area contributed by atoms with Gasteiger partial charge in [-0.25, -0.2) is 13.2 Å². The molecule has 1 fully saturated rings. The van der Waals surface area contributed by atoms with Crippen LogP contribution in [0.25, 0.3) is 0 Å². The van der Waals surface area contributed by atoms with Crippen LogP contribution >= 0.6 is 11.3 Å². The number of rotatable bonds is 4. The third-order valence-corrected chi connectivity index (χ3v) is 6.73. The van der Waals surface area contributed by atoms with Crippen molar-refractivity contribution in [3.63, 3.8) is 0 Å². The summed E-state index contributed by atoms with van der Waals surface area (Å²) >= 11 is 1.05. The van der Waals surface area contributed by atoms with Gasteiger partial charge in [-0.15, -0.1) is 11.3 Å². The Morgan fingerprint density at radius 3 is 2.50 bits per heavy atom. The maximum absolute atomic E-state index is 12.2. The summed E-state index contributed by atoms with van der Waals surface area (Å²) in [6.07, 6.45) is 4.58. The topological polar surface area (TPSA) is 71.4 Å². The Labute approximate surface area is 111 Å².